The molecule has 0 amide bonds. The molecule has 282 valence electrons. The maximum atomic E-state index is 12.7. The van der Waals surface area contributed by atoms with Crippen molar-refractivity contribution in [1.82, 2.24) is 9.55 Å². The van der Waals surface area contributed by atoms with Gasteiger partial charge < -0.3 is 14.0 Å². The molecule has 0 radical (unpaired) electrons. The van der Waals surface area contributed by atoms with Crippen LogP contribution in [0.3, 0.4) is 0 Å². The number of hydrogen-bond donors (Lipinski definition) is 0. The van der Waals surface area contributed by atoms with Crippen molar-refractivity contribution in [2.45, 2.75) is 206 Å². The molecule has 0 aliphatic rings. The van der Waals surface area contributed by atoms with Gasteiger partial charge in [0, 0.05) is 32.5 Å². The van der Waals surface area contributed by atoms with Crippen molar-refractivity contribution in [3.63, 3.8) is 0 Å². The maximum Gasteiger partial charge on any atom is 0.306 e. The van der Waals surface area contributed by atoms with E-state index < -0.39 is 6.10 Å². The molecule has 0 N–H and O–H groups in total. The van der Waals surface area contributed by atoms with E-state index in [-0.39, 0.29) is 18.5 Å². The van der Waals surface area contributed by atoms with Crippen molar-refractivity contribution < 1.29 is 19.1 Å². The first-order chi connectivity index (χ1) is 24.0. The van der Waals surface area contributed by atoms with Crippen molar-refractivity contribution >= 4 is 11.9 Å². The molecule has 0 saturated carbocycles. The molecule has 0 aliphatic heterocycles. The SMILES string of the molecule is CCCCCCCC/C=C\CCCCCCCC(=O)OCC(Cc1cn(C)cn1)OC(=O)CCCCCCC/C=C\CCCCCCCC. The molecule has 1 aromatic rings. The first-order valence-electron chi connectivity index (χ1n) is 20.7. The minimum Gasteiger partial charge on any atom is -0.462 e. The zero-order valence-corrected chi connectivity index (χ0v) is 32.3. The average molecular weight is 685 g/mol. The molecule has 0 saturated heterocycles. The van der Waals surface area contributed by atoms with Crippen LogP contribution in [-0.2, 0) is 32.5 Å². The fraction of sp³-hybridized carbons (Fsp3) is 0.791. The van der Waals surface area contributed by atoms with Crippen molar-refractivity contribution in [2.24, 2.45) is 7.05 Å². The van der Waals surface area contributed by atoms with E-state index in [1.54, 1.807) is 6.33 Å². The molecule has 0 fully saturated rings. The van der Waals surface area contributed by atoms with Crippen LogP contribution in [0, 0.1) is 0 Å². The van der Waals surface area contributed by atoms with E-state index in [0.717, 1.165) is 57.1 Å². The van der Waals surface area contributed by atoms with E-state index in [2.05, 4.69) is 43.1 Å². The van der Waals surface area contributed by atoms with Crippen LogP contribution >= 0.6 is 0 Å². The molecular weight excluding hydrogens is 608 g/mol. The van der Waals surface area contributed by atoms with Gasteiger partial charge in [-0.3, -0.25) is 9.59 Å². The van der Waals surface area contributed by atoms with Gasteiger partial charge in [-0.1, -0.05) is 141 Å². The molecule has 0 bridgehead atoms. The van der Waals surface area contributed by atoms with Gasteiger partial charge in [-0.05, 0) is 64.2 Å². The number of nitrogens with zero attached hydrogens (tertiary/aromatic N) is 2. The van der Waals surface area contributed by atoms with Crippen molar-refractivity contribution in [2.75, 3.05) is 6.61 Å². The average Bonchev–Trinajstić information content (AvgIpc) is 3.51. The quantitative estimate of drug-likeness (QED) is 0.0404. The van der Waals surface area contributed by atoms with Crippen LogP contribution in [0.25, 0.3) is 0 Å². The van der Waals surface area contributed by atoms with E-state index in [1.165, 1.54) is 116 Å². The second-order valence-electron chi connectivity index (χ2n) is 14.2. The van der Waals surface area contributed by atoms with Crippen LogP contribution in [-0.4, -0.2) is 34.2 Å². The number of rotatable bonds is 35. The second-order valence-corrected chi connectivity index (χ2v) is 14.2. The molecule has 49 heavy (non-hydrogen) atoms. The smallest absolute Gasteiger partial charge is 0.306 e. The summed E-state index contributed by atoms with van der Waals surface area (Å²) < 4.78 is 13.2. The molecular formula is C43H76N2O4. The van der Waals surface area contributed by atoms with Crippen LogP contribution < -0.4 is 0 Å². The van der Waals surface area contributed by atoms with Crippen LogP contribution in [0.5, 0.6) is 0 Å². The minimum atomic E-state index is -0.511. The second kappa shape index (κ2) is 34.1. The van der Waals surface area contributed by atoms with Gasteiger partial charge in [-0.25, -0.2) is 4.98 Å². The summed E-state index contributed by atoms with van der Waals surface area (Å²) >= 11 is 0. The van der Waals surface area contributed by atoms with Gasteiger partial charge >= 0.3 is 11.9 Å². The van der Waals surface area contributed by atoms with Crippen LogP contribution in [0.2, 0.25) is 0 Å². The number of carbonyl (C=O) groups is 2. The topological polar surface area (TPSA) is 70.4 Å². The molecule has 1 atom stereocenters. The standard InChI is InChI=1S/C43H76N2O4/c1-4-6-8-10-12-14-16-18-20-22-24-26-28-30-32-34-42(46)48-38-41(36-40-37-45(3)39-44-40)49-43(47)35-33-31-29-27-25-23-21-19-17-15-13-11-9-7-5-2/h18-21,37,39,41H,4-17,22-36,38H2,1-3H3/b20-18-,21-19-. The number of aryl methyl sites for hydroxylation is 1. The molecule has 0 aliphatic carbocycles. The number of imidazole rings is 1. The third-order valence-corrected chi connectivity index (χ3v) is 9.21. The monoisotopic (exact) mass is 685 g/mol. The first-order valence-corrected chi connectivity index (χ1v) is 20.7. The van der Waals surface area contributed by atoms with Gasteiger partial charge in [0.2, 0.25) is 0 Å². The van der Waals surface area contributed by atoms with E-state index in [4.69, 9.17) is 9.47 Å². The van der Waals surface area contributed by atoms with Crippen molar-refractivity contribution in [1.29, 1.82) is 0 Å². The number of esters is 2. The molecule has 0 spiro atoms. The highest BCUT2D eigenvalue weighted by atomic mass is 16.6. The Labute approximate surface area is 302 Å². The van der Waals surface area contributed by atoms with Crippen molar-refractivity contribution in [3.05, 3.63) is 42.5 Å². The lowest BCUT2D eigenvalue weighted by Gasteiger charge is -2.17. The minimum absolute atomic E-state index is 0.0819. The number of carbonyl (C=O) groups excluding carboxylic acids is 2. The zero-order valence-electron chi connectivity index (χ0n) is 32.3. The Kier molecular flexibility index (Phi) is 31.1. The van der Waals surface area contributed by atoms with E-state index >= 15 is 0 Å². The van der Waals surface area contributed by atoms with Gasteiger partial charge in [0.15, 0.2) is 0 Å². The van der Waals surface area contributed by atoms with Crippen LogP contribution in [0.4, 0.5) is 0 Å². The summed E-state index contributed by atoms with van der Waals surface area (Å²) in [5.41, 5.74) is 0.828. The first kappa shape index (κ1) is 44.7. The van der Waals surface area contributed by atoms with Crippen molar-refractivity contribution in [3.8, 4) is 0 Å². The molecule has 6 heteroatoms. The molecule has 6 nitrogen and oxygen atoms in total. The van der Waals surface area contributed by atoms with Gasteiger partial charge in [0.1, 0.15) is 12.7 Å². The van der Waals surface area contributed by atoms with Crippen LogP contribution in [0.15, 0.2) is 36.8 Å². The fourth-order valence-corrected chi connectivity index (χ4v) is 6.12. The summed E-state index contributed by atoms with van der Waals surface area (Å²) in [5, 5.41) is 0. The highest BCUT2D eigenvalue weighted by Gasteiger charge is 2.19. The summed E-state index contributed by atoms with van der Waals surface area (Å²) in [6, 6.07) is 0. The molecule has 1 heterocycles. The predicted molar refractivity (Wildman–Crippen MR) is 207 cm³/mol. The molecule has 1 unspecified atom stereocenters. The van der Waals surface area contributed by atoms with E-state index in [0.29, 0.717) is 19.3 Å². The van der Waals surface area contributed by atoms with Gasteiger partial charge in [-0.2, -0.15) is 0 Å². The highest BCUT2D eigenvalue weighted by molar-refractivity contribution is 5.70. The summed E-state index contributed by atoms with van der Waals surface area (Å²) in [6.45, 7) is 4.61. The molecule has 1 aromatic heterocycles. The summed E-state index contributed by atoms with van der Waals surface area (Å²) in [6.07, 6.45) is 45.7. The van der Waals surface area contributed by atoms with E-state index in [1.807, 2.05) is 17.8 Å². The highest BCUT2D eigenvalue weighted by Crippen LogP contribution is 2.14. The third kappa shape index (κ3) is 30.2. The number of unbranched alkanes of at least 4 members (excludes halogenated alkanes) is 22. The van der Waals surface area contributed by atoms with Gasteiger partial charge in [-0.15, -0.1) is 0 Å². The Bertz CT molecular complexity index is 953. The Hall–Kier alpha value is -2.37. The summed E-state index contributed by atoms with van der Waals surface area (Å²) in [4.78, 5) is 29.5. The number of allylic oxidation sites excluding steroid dienone is 4. The number of hydrogen-bond acceptors (Lipinski definition) is 5. The fourth-order valence-electron chi connectivity index (χ4n) is 6.12. The third-order valence-electron chi connectivity index (χ3n) is 9.21. The number of aromatic nitrogens is 2. The lowest BCUT2D eigenvalue weighted by molar-refractivity contribution is -0.159. The zero-order chi connectivity index (χ0) is 35.5. The predicted octanol–water partition coefficient (Wildman–Crippen LogP) is 12.5. The molecule has 0 aromatic carbocycles. The summed E-state index contributed by atoms with van der Waals surface area (Å²) in [5.74, 6) is -0.427. The Morgan fingerprint density at radius 2 is 1.02 bits per heavy atom. The van der Waals surface area contributed by atoms with Gasteiger partial charge in [0.05, 0.1) is 12.0 Å². The van der Waals surface area contributed by atoms with Crippen LogP contribution in [0.1, 0.15) is 199 Å². The maximum absolute atomic E-state index is 12.7. The largest absolute Gasteiger partial charge is 0.462 e. The molecule has 1 rings (SSSR count). The lowest BCUT2D eigenvalue weighted by atomic mass is 10.1. The lowest BCUT2D eigenvalue weighted by Crippen LogP contribution is -2.27. The Morgan fingerprint density at radius 1 is 0.612 bits per heavy atom. The normalized spacial score (nSPS) is 12.3. The van der Waals surface area contributed by atoms with Gasteiger partial charge in [0.25, 0.3) is 0 Å². The Morgan fingerprint density at radius 3 is 1.45 bits per heavy atom. The number of ether oxygens (including phenoxy) is 2. The Balaban J connectivity index is 2.13. The summed E-state index contributed by atoms with van der Waals surface area (Å²) in [7, 11) is 1.91. The van der Waals surface area contributed by atoms with E-state index in [9.17, 15) is 9.59 Å².